The number of hydrogen-bond acceptors (Lipinski definition) is 4. The summed E-state index contributed by atoms with van der Waals surface area (Å²) in [5.41, 5.74) is 1.49. The second kappa shape index (κ2) is 6.39. The minimum Gasteiger partial charge on any atom is -0.494 e. The molecule has 0 spiro atoms. The normalized spacial score (nSPS) is 10.8. The van der Waals surface area contributed by atoms with Crippen LogP contribution in [0.2, 0.25) is 0 Å². The van der Waals surface area contributed by atoms with Gasteiger partial charge in [0, 0.05) is 12.6 Å². The van der Waals surface area contributed by atoms with Crippen LogP contribution >= 0.6 is 15.9 Å². The van der Waals surface area contributed by atoms with Gasteiger partial charge in [-0.15, -0.1) is 0 Å². The fourth-order valence-corrected chi connectivity index (χ4v) is 2.78. The minimum atomic E-state index is -0.432. The van der Waals surface area contributed by atoms with Gasteiger partial charge in [-0.05, 0) is 40.0 Å². The number of methoxy groups -OCH3 is 1. The summed E-state index contributed by atoms with van der Waals surface area (Å²) in [5, 5.41) is 3.02. The van der Waals surface area contributed by atoms with E-state index in [2.05, 4.69) is 31.2 Å². The molecule has 112 valence electrons. The molecular weight excluding hydrogens is 337 g/mol. The van der Waals surface area contributed by atoms with Gasteiger partial charge in [-0.25, -0.2) is 14.4 Å². The Hall–Kier alpha value is -1.69. The highest BCUT2D eigenvalue weighted by Crippen LogP contribution is 2.32. The monoisotopic (exact) mass is 353 g/mol. The highest BCUT2D eigenvalue weighted by Gasteiger charge is 2.16. The van der Waals surface area contributed by atoms with E-state index < -0.39 is 5.82 Å². The van der Waals surface area contributed by atoms with E-state index in [0.717, 1.165) is 10.2 Å². The van der Waals surface area contributed by atoms with Gasteiger partial charge in [0.15, 0.2) is 17.4 Å². The van der Waals surface area contributed by atoms with Crippen molar-refractivity contribution >= 4 is 21.7 Å². The highest BCUT2D eigenvalue weighted by molar-refractivity contribution is 9.10. The van der Waals surface area contributed by atoms with E-state index in [-0.39, 0.29) is 11.7 Å². The predicted octanol–water partition coefficient (Wildman–Crippen LogP) is 4.22. The molecule has 2 rings (SSSR count). The Labute approximate surface area is 131 Å². The molecule has 0 atom stereocenters. The molecule has 0 unspecified atom stereocenters. The van der Waals surface area contributed by atoms with Crippen molar-refractivity contribution in [3.63, 3.8) is 0 Å². The molecule has 0 aliphatic heterocycles. The van der Waals surface area contributed by atoms with Gasteiger partial charge in [0.1, 0.15) is 5.82 Å². The lowest BCUT2D eigenvalue weighted by Crippen LogP contribution is -2.04. The Morgan fingerprint density at radius 1 is 1.29 bits per heavy atom. The first-order valence-electron chi connectivity index (χ1n) is 6.57. The van der Waals surface area contributed by atoms with Crippen LogP contribution in [0.1, 0.15) is 25.5 Å². The van der Waals surface area contributed by atoms with Crippen LogP contribution in [0.25, 0.3) is 11.4 Å². The van der Waals surface area contributed by atoms with Gasteiger partial charge < -0.3 is 10.1 Å². The molecule has 21 heavy (non-hydrogen) atoms. The van der Waals surface area contributed by atoms with E-state index in [4.69, 9.17) is 4.74 Å². The summed E-state index contributed by atoms with van der Waals surface area (Å²) in [5.74, 6) is 1.15. The van der Waals surface area contributed by atoms with Gasteiger partial charge in [-0.2, -0.15) is 0 Å². The van der Waals surface area contributed by atoms with E-state index in [1.54, 1.807) is 19.2 Å². The van der Waals surface area contributed by atoms with Crippen LogP contribution in [0.4, 0.5) is 10.2 Å². The second-order valence-corrected chi connectivity index (χ2v) is 5.64. The number of halogens is 2. The largest absolute Gasteiger partial charge is 0.494 e. The Bertz CT molecular complexity index is 662. The number of anilines is 1. The van der Waals surface area contributed by atoms with Crippen molar-refractivity contribution in [2.45, 2.75) is 19.8 Å². The third-order valence-corrected chi connectivity index (χ3v) is 3.85. The van der Waals surface area contributed by atoms with Gasteiger partial charge in [-0.3, -0.25) is 0 Å². The molecule has 1 aromatic heterocycles. The highest BCUT2D eigenvalue weighted by atomic mass is 79.9. The molecule has 0 fully saturated rings. The predicted molar refractivity (Wildman–Crippen MR) is 85.3 cm³/mol. The second-order valence-electron chi connectivity index (χ2n) is 4.85. The third kappa shape index (κ3) is 3.15. The maximum atomic E-state index is 13.9. The maximum absolute atomic E-state index is 13.9. The summed E-state index contributed by atoms with van der Waals surface area (Å²) in [6.45, 7) is 4.09. The first kappa shape index (κ1) is 15.7. The number of nitrogens with zero attached hydrogens (tertiary/aromatic N) is 2. The lowest BCUT2D eigenvalue weighted by molar-refractivity contribution is 0.386. The first-order chi connectivity index (χ1) is 9.97. The van der Waals surface area contributed by atoms with E-state index in [0.29, 0.717) is 17.2 Å². The van der Waals surface area contributed by atoms with Crippen molar-refractivity contribution in [2.75, 3.05) is 19.5 Å². The van der Waals surface area contributed by atoms with E-state index >= 15 is 0 Å². The van der Waals surface area contributed by atoms with Gasteiger partial charge in [0.05, 0.1) is 17.3 Å². The molecule has 2 aromatic rings. The average Bonchev–Trinajstić information content (AvgIpc) is 2.47. The summed E-state index contributed by atoms with van der Waals surface area (Å²) in [7, 11) is 3.22. The Morgan fingerprint density at radius 3 is 2.52 bits per heavy atom. The van der Waals surface area contributed by atoms with Crippen LogP contribution in [0.3, 0.4) is 0 Å². The van der Waals surface area contributed by atoms with Gasteiger partial charge in [0.2, 0.25) is 0 Å². The first-order valence-corrected chi connectivity index (χ1v) is 7.36. The number of aromatic nitrogens is 2. The topological polar surface area (TPSA) is 47.0 Å². The van der Waals surface area contributed by atoms with Gasteiger partial charge in [-0.1, -0.05) is 13.8 Å². The van der Waals surface area contributed by atoms with Gasteiger partial charge in [0.25, 0.3) is 0 Å². The average molecular weight is 354 g/mol. The number of ether oxygens (including phenoxy) is 1. The standard InChI is InChI=1S/C15H17BrFN3O/c1-8(2)13-12(16)15(18-3)20-14(19-13)9-5-6-11(21-4)10(17)7-9/h5-8H,1-4H3,(H,18,19,20). The molecular formula is C15H17BrFN3O. The van der Waals surface area contributed by atoms with Crippen LogP contribution in [0.15, 0.2) is 22.7 Å². The zero-order chi connectivity index (χ0) is 15.6. The number of hydrogen-bond donors (Lipinski definition) is 1. The van der Waals surface area contributed by atoms with Crippen molar-refractivity contribution in [3.05, 3.63) is 34.2 Å². The quantitative estimate of drug-likeness (QED) is 0.893. The fraction of sp³-hybridized carbons (Fsp3) is 0.333. The molecule has 0 saturated carbocycles. The molecule has 0 saturated heterocycles. The zero-order valence-electron chi connectivity index (χ0n) is 12.4. The summed E-state index contributed by atoms with van der Waals surface area (Å²) in [4.78, 5) is 8.97. The van der Waals surface area contributed by atoms with Crippen molar-refractivity contribution in [2.24, 2.45) is 0 Å². The fourth-order valence-electron chi connectivity index (χ4n) is 1.95. The summed E-state index contributed by atoms with van der Waals surface area (Å²) >= 11 is 3.50. The smallest absolute Gasteiger partial charge is 0.165 e. The van der Waals surface area contributed by atoms with Crippen LogP contribution in [-0.4, -0.2) is 24.1 Å². The van der Waals surface area contributed by atoms with Crippen LogP contribution < -0.4 is 10.1 Å². The number of rotatable bonds is 4. The third-order valence-electron chi connectivity index (χ3n) is 3.07. The molecule has 4 nitrogen and oxygen atoms in total. The van der Waals surface area contributed by atoms with Crippen molar-refractivity contribution in [1.82, 2.24) is 9.97 Å². The molecule has 1 aromatic carbocycles. The number of nitrogens with one attached hydrogen (secondary N) is 1. The zero-order valence-corrected chi connectivity index (χ0v) is 14.0. The lowest BCUT2D eigenvalue weighted by atomic mass is 10.1. The molecule has 6 heteroatoms. The molecule has 0 aliphatic carbocycles. The molecule has 1 heterocycles. The lowest BCUT2D eigenvalue weighted by Gasteiger charge is -2.13. The minimum absolute atomic E-state index is 0.203. The number of benzene rings is 1. The Kier molecular flexibility index (Phi) is 4.77. The van der Waals surface area contributed by atoms with Crippen LogP contribution in [0, 0.1) is 5.82 Å². The van der Waals surface area contributed by atoms with Crippen molar-refractivity contribution in [1.29, 1.82) is 0 Å². The Balaban J connectivity index is 2.58. The molecule has 1 N–H and O–H groups in total. The van der Waals surface area contributed by atoms with Crippen LogP contribution in [0.5, 0.6) is 5.75 Å². The SMILES string of the molecule is CNc1nc(-c2ccc(OC)c(F)c2)nc(C(C)C)c1Br. The van der Waals surface area contributed by atoms with Crippen molar-refractivity contribution < 1.29 is 9.13 Å². The van der Waals surface area contributed by atoms with E-state index in [1.165, 1.54) is 13.2 Å². The molecule has 0 radical (unpaired) electrons. The van der Waals surface area contributed by atoms with E-state index in [1.807, 2.05) is 13.8 Å². The summed E-state index contributed by atoms with van der Waals surface area (Å²) in [6, 6.07) is 4.70. The summed E-state index contributed by atoms with van der Waals surface area (Å²) < 4.78 is 19.6. The molecule has 0 amide bonds. The Morgan fingerprint density at radius 2 is 2.00 bits per heavy atom. The van der Waals surface area contributed by atoms with Gasteiger partial charge >= 0.3 is 0 Å². The van der Waals surface area contributed by atoms with Crippen molar-refractivity contribution in [3.8, 4) is 17.1 Å². The molecule has 0 aliphatic rings. The van der Waals surface area contributed by atoms with E-state index in [9.17, 15) is 4.39 Å². The molecule has 0 bridgehead atoms. The maximum Gasteiger partial charge on any atom is 0.165 e. The van der Waals surface area contributed by atoms with Crippen LogP contribution in [-0.2, 0) is 0 Å². The summed E-state index contributed by atoms with van der Waals surface area (Å²) in [6.07, 6.45) is 0.